The Morgan fingerprint density at radius 1 is 1.07 bits per heavy atom. The third kappa shape index (κ3) is 1.49. The highest BCUT2D eigenvalue weighted by Gasteiger charge is 2.40. The molecule has 0 unspecified atom stereocenters. The second-order valence-electron chi connectivity index (χ2n) is 5.64. The van der Waals surface area contributed by atoms with Crippen LogP contribution in [0.3, 0.4) is 0 Å². The molecule has 3 atom stereocenters. The monoisotopic (exact) mass is 194 g/mol. The van der Waals surface area contributed by atoms with Gasteiger partial charge in [0, 0.05) is 25.7 Å². The van der Waals surface area contributed by atoms with Crippen LogP contribution in [0.5, 0.6) is 0 Å². The Balaban J connectivity index is 1.76. The van der Waals surface area contributed by atoms with Gasteiger partial charge in [-0.3, -0.25) is 4.90 Å². The first kappa shape index (κ1) is 9.17. The van der Waals surface area contributed by atoms with E-state index in [1.54, 1.807) is 0 Å². The lowest BCUT2D eigenvalue weighted by molar-refractivity contribution is -0.0231. The van der Waals surface area contributed by atoms with Crippen LogP contribution in [0.25, 0.3) is 0 Å². The highest BCUT2D eigenvalue weighted by atomic mass is 15.2. The van der Waals surface area contributed by atoms with Gasteiger partial charge in [-0.1, -0.05) is 6.42 Å². The number of piperidine rings is 3. The highest BCUT2D eigenvalue weighted by Crippen LogP contribution is 2.36. The second-order valence-corrected chi connectivity index (χ2v) is 5.64. The molecule has 0 radical (unpaired) electrons. The molecule has 0 aromatic heterocycles. The van der Waals surface area contributed by atoms with Crippen LogP contribution in [0.2, 0.25) is 0 Å². The Morgan fingerprint density at radius 2 is 2.00 bits per heavy atom. The SMILES string of the molecule is CN1C[C@H]2C[C@H](C1)[C@H]1CCCCN1C2. The van der Waals surface area contributed by atoms with Gasteiger partial charge in [0.2, 0.25) is 0 Å². The van der Waals surface area contributed by atoms with Gasteiger partial charge in [-0.2, -0.15) is 0 Å². The molecule has 3 saturated heterocycles. The predicted molar refractivity (Wildman–Crippen MR) is 58.3 cm³/mol. The van der Waals surface area contributed by atoms with Crippen molar-refractivity contribution in [1.82, 2.24) is 9.80 Å². The Hall–Kier alpha value is -0.0800. The zero-order valence-corrected chi connectivity index (χ0v) is 9.28. The minimum Gasteiger partial charge on any atom is -0.306 e. The van der Waals surface area contributed by atoms with Crippen LogP contribution < -0.4 is 0 Å². The molecule has 3 aliphatic rings. The maximum Gasteiger partial charge on any atom is 0.0136 e. The summed E-state index contributed by atoms with van der Waals surface area (Å²) in [7, 11) is 2.30. The molecule has 0 spiro atoms. The Bertz CT molecular complexity index is 214. The van der Waals surface area contributed by atoms with E-state index in [0.29, 0.717) is 0 Å². The maximum absolute atomic E-state index is 2.80. The van der Waals surface area contributed by atoms with Gasteiger partial charge in [-0.05, 0) is 44.7 Å². The summed E-state index contributed by atoms with van der Waals surface area (Å²) >= 11 is 0. The zero-order chi connectivity index (χ0) is 9.54. The van der Waals surface area contributed by atoms with Crippen molar-refractivity contribution in [2.75, 3.05) is 33.2 Å². The first-order chi connectivity index (χ1) is 6.83. The normalized spacial score (nSPS) is 44.8. The second kappa shape index (κ2) is 3.49. The van der Waals surface area contributed by atoms with Gasteiger partial charge in [0.25, 0.3) is 0 Å². The molecule has 0 aliphatic carbocycles. The molecule has 0 N–H and O–H groups in total. The summed E-state index contributed by atoms with van der Waals surface area (Å²) in [5, 5.41) is 0. The fourth-order valence-electron chi connectivity index (χ4n) is 4.01. The number of nitrogens with zero attached hydrogens (tertiary/aromatic N) is 2. The summed E-state index contributed by atoms with van der Waals surface area (Å²) in [5.41, 5.74) is 0. The minimum absolute atomic E-state index is 0.947. The molecule has 0 saturated carbocycles. The number of rotatable bonds is 0. The molecule has 2 bridgehead atoms. The molecular weight excluding hydrogens is 172 g/mol. The lowest BCUT2D eigenvalue weighted by Crippen LogP contribution is -2.58. The van der Waals surface area contributed by atoms with E-state index in [9.17, 15) is 0 Å². The van der Waals surface area contributed by atoms with Crippen LogP contribution in [0.4, 0.5) is 0 Å². The van der Waals surface area contributed by atoms with Gasteiger partial charge in [0.15, 0.2) is 0 Å². The van der Waals surface area contributed by atoms with Crippen molar-refractivity contribution in [1.29, 1.82) is 0 Å². The van der Waals surface area contributed by atoms with Gasteiger partial charge in [-0.15, -0.1) is 0 Å². The third-order valence-corrected chi connectivity index (χ3v) is 4.45. The van der Waals surface area contributed by atoms with Crippen molar-refractivity contribution in [3.05, 3.63) is 0 Å². The smallest absolute Gasteiger partial charge is 0.0136 e. The summed E-state index contributed by atoms with van der Waals surface area (Å²) in [6, 6.07) is 0.947. The van der Waals surface area contributed by atoms with Crippen molar-refractivity contribution in [3.8, 4) is 0 Å². The Kier molecular flexibility index (Phi) is 2.29. The predicted octanol–water partition coefficient (Wildman–Crippen LogP) is 1.42. The molecule has 0 aromatic rings. The van der Waals surface area contributed by atoms with Crippen LogP contribution in [0.1, 0.15) is 25.7 Å². The fraction of sp³-hybridized carbons (Fsp3) is 1.00. The first-order valence-corrected chi connectivity index (χ1v) is 6.25. The number of hydrogen-bond acceptors (Lipinski definition) is 2. The minimum atomic E-state index is 0.947. The molecule has 3 heterocycles. The van der Waals surface area contributed by atoms with E-state index in [4.69, 9.17) is 0 Å². The van der Waals surface area contributed by atoms with Gasteiger partial charge in [0.05, 0.1) is 0 Å². The lowest BCUT2D eigenvalue weighted by Gasteiger charge is -2.52. The van der Waals surface area contributed by atoms with E-state index in [2.05, 4.69) is 16.8 Å². The van der Waals surface area contributed by atoms with E-state index < -0.39 is 0 Å². The molecule has 0 aromatic carbocycles. The van der Waals surface area contributed by atoms with Crippen LogP contribution in [0, 0.1) is 11.8 Å². The third-order valence-electron chi connectivity index (χ3n) is 4.45. The van der Waals surface area contributed by atoms with Gasteiger partial charge in [-0.25, -0.2) is 0 Å². The molecule has 80 valence electrons. The quantitative estimate of drug-likeness (QED) is 0.575. The van der Waals surface area contributed by atoms with E-state index in [-0.39, 0.29) is 0 Å². The summed E-state index contributed by atoms with van der Waals surface area (Å²) in [6.45, 7) is 5.49. The van der Waals surface area contributed by atoms with Crippen LogP contribution in [-0.2, 0) is 0 Å². The molecule has 3 aliphatic heterocycles. The number of hydrogen-bond donors (Lipinski definition) is 0. The lowest BCUT2D eigenvalue weighted by atomic mass is 9.76. The Morgan fingerprint density at radius 3 is 2.93 bits per heavy atom. The first-order valence-electron chi connectivity index (χ1n) is 6.25. The molecule has 14 heavy (non-hydrogen) atoms. The molecule has 2 heteroatoms. The van der Waals surface area contributed by atoms with Crippen molar-refractivity contribution in [2.45, 2.75) is 31.7 Å². The average molecular weight is 194 g/mol. The topological polar surface area (TPSA) is 6.48 Å². The Labute approximate surface area is 87.3 Å². The van der Waals surface area contributed by atoms with Crippen molar-refractivity contribution >= 4 is 0 Å². The van der Waals surface area contributed by atoms with Crippen LogP contribution in [-0.4, -0.2) is 49.1 Å². The molecule has 3 fully saturated rings. The number of likely N-dealkylation sites (tertiary alicyclic amines) is 1. The van der Waals surface area contributed by atoms with Crippen molar-refractivity contribution in [3.63, 3.8) is 0 Å². The molecule has 2 nitrogen and oxygen atoms in total. The zero-order valence-electron chi connectivity index (χ0n) is 9.28. The van der Waals surface area contributed by atoms with Crippen molar-refractivity contribution in [2.24, 2.45) is 11.8 Å². The average Bonchev–Trinajstić information content (AvgIpc) is 2.17. The molecule has 0 amide bonds. The standard InChI is InChI=1S/C12H22N2/c1-13-7-10-6-11(9-13)12-4-2-3-5-14(12)8-10/h10-12H,2-9H2,1H3/t10-,11-,12-/m1/s1. The largest absolute Gasteiger partial charge is 0.306 e. The van der Waals surface area contributed by atoms with E-state index >= 15 is 0 Å². The van der Waals surface area contributed by atoms with E-state index in [0.717, 1.165) is 17.9 Å². The van der Waals surface area contributed by atoms with E-state index in [1.165, 1.54) is 51.9 Å². The highest BCUT2D eigenvalue weighted by molar-refractivity contribution is 4.94. The summed E-state index contributed by atoms with van der Waals surface area (Å²) in [5.74, 6) is 1.97. The van der Waals surface area contributed by atoms with Crippen LogP contribution in [0.15, 0.2) is 0 Å². The number of fused-ring (bicyclic) bond motifs is 4. The van der Waals surface area contributed by atoms with Crippen molar-refractivity contribution < 1.29 is 0 Å². The fourth-order valence-corrected chi connectivity index (χ4v) is 4.01. The van der Waals surface area contributed by atoms with Crippen LogP contribution >= 0.6 is 0 Å². The van der Waals surface area contributed by atoms with Gasteiger partial charge >= 0.3 is 0 Å². The molecular formula is C12H22N2. The molecule has 3 rings (SSSR count). The summed E-state index contributed by atoms with van der Waals surface area (Å²) < 4.78 is 0. The van der Waals surface area contributed by atoms with Gasteiger partial charge in [0.1, 0.15) is 0 Å². The van der Waals surface area contributed by atoms with Gasteiger partial charge < -0.3 is 4.90 Å². The summed E-state index contributed by atoms with van der Waals surface area (Å²) in [4.78, 5) is 5.36. The van der Waals surface area contributed by atoms with E-state index in [1.807, 2.05) is 0 Å². The summed E-state index contributed by atoms with van der Waals surface area (Å²) in [6.07, 6.45) is 5.93. The maximum atomic E-state index is 2.80.